The first-order valence-electron chi connectivity index (χ1n) is 3.17. The van der Waals surface area contributed by atoms with Crippen molar-refractivity contribution in [3.8, 4) is 0 Å². The fraction of sp³-hybridized carbons (Fsp3) is 0.800. The van der Waals surface area contributed by atoms with Crippen LogP contribution < -0.4 is 5.73 Å². The summed E-state index contributed by atoms with van der Waals surface area (Å²) in [5.41, 5.74) is 5.10. The van der Waals surface area contributed by atoms with Crippen molar-refractivity contribution >= 4 is 5.91 Å². The Morgan fingerprint density at radius 2 is 2.25 bits per heavy atom. The average molecular weight is 184 g/mol. The minimum absolute atomic E-state index is 0.186. The fourth-order valence-electron chi connectivity index (χ4n) is 0.777. The Bertz CT molecular complexity index is 194. The van der Waals surface area contributed by atoms with Crippen molar-refractivity contribution in [2.45, 2.75) is 12.2 Å². The summed E-state index contributed by atoms with van der Waals surface area (Å²) < 4.78 is 35.1. The number of alkyl halides is 3. The van der Waals surface area contributed by atoms with Crippen molar-refractivity contribution in [2.75, 3.05) is 13.2 Å². The van der Waals surface area contributed by atoms with E-state index < -0.39 is 24.7 Å². The summed E-state index contributed by atoms with van der Waals surface area (Å²) in [6.45, 7) is -1.59. The minimum Gasteiger partial charge on any atom is -0.318 e. The van der Waals surface area contributed by atoms with Gasteiger partial charge in [0.05, 0.1) is 6.61 Å². The number of nitrogens with zero attached hydrogens (tertiary/aromatic N) is 1. The molecule has 1 fully saturated rings. The van der Waals surface area contributed by atoms with E-state index in [1.54, 1.807) is 0 Å². The van der Waals surface area contributed by atoms with Gasteiger partial charge in [0.2, 0.25) is 0 Å². The van der Waals surface area contributed by atoms with Crippen LogP contribution in [0.4, 0.5) is 13.2 Å². The van der Waals surface area contributed by atoms with E-state index >= 15 is 0 Å². The summed E-state index contributed by atoms with van der Waals surface area (Å²) in [5, 5.41) is 0.241. The molecule has 1 heterocycles. The number of hydrogen-bond acceptors (Lipinski definition) is 3. The van der Waals surface area contributed by atoms with Crippen LogP contribution in [-0.2, 0) is 9.63 Å². The summed E-state index contributed by atoms with van der Waals surface area (Å²) >= 11 is 0. The maximum Gasteiger partial charge on any atom is 0.408 e. The monoisotopic (exact) mass is 184 g/mol. The first-order chi connectivity index (χ1) is 5.40. The molecule has 12 heavy (non-hydrogen) atoms. The highest BCUT2D eigenvalue weighted by atomic mass is 19.4. The van der Waals surface area contributed by atoms with Crippen molar-refractivity contribution in [2.24, 2.45) is 5.73 Å². The predicted molar refractivity (Wildman–Crippen MR) is 31.7 cm³/mol. The van der Waals surface area contributed by atoms with Gasteiger partial charge in [-0.05, 0) is 0 Å². The Balaban J connectivity index is 2.50. The lowest BCUT2D eigenvalue weighted by atomic mass is 10.3. The Hall–Kier alpha value is -0.820. The molecule has 1 rings (SSSR count). The van der Waals surface area contributed by atoms with Crippen molar-refractivity contribution in [1.29, 1.82) is 0 Å². The second kappa shape index (κ2) is 2.91. The molecule has 0 aliphatic carbocycles. The Morgan fingerprint density at radius 3 is 2.58 bits per heavy atom. The van der Waals surface area contributed by atoms with Crippen LogP contribution in [0.3, 0.4) is 0 Å². The number of carbonyl (C=O) groups excluding carboxylic acids is 1. The van der Waals surface area contributed by atoms with Gasteiger partial charge in [-0.3, -0.25) is 9.63 Å². The third kappa shape index (κ3) is 2.08. The molecular weight excluding hydrogens is 177 g/mol. The number of amides is 1. The molecule has 4 nitrogen and oxygen atoms in total. The van der Waals surface area contributed by atoms with Crippen LogP contribution in [0, 0.1) is 0 Å². The summed E-state index contributed by atoms with van der Waals surface area (Å²) in [6, 6.07) is -0.965. The predicted octanol–water partition coefficient (Wildman–Crippen LogP) is -0.350. The number of nitrogens with two attached hydrogens (primary N) is 1. The lowest BCUT2D eigenvalue weighted by Gasteiger charge is -2.15. The Kier molecular flexibility index (Phi) is 2.25. The third-order valence-electron chi connectivity index (χ3n) is 1.30. The van der Waals surface area contributed by atoms with Gasteiger partial charge in [-0.15, -0.1) is 0 Å². The molecular formula is C5H7F3N2O2. The highest BCUT2D eigenvalue weighted by Crippen LogP contribution is 2.19. The number of hydroxylamine groups is 2. The molecule has 1 atom stereocenters. The number of carbonyl (C=O) groups is 1. The molecule has 1 aliphatic heterocycles. The van der Waals surface area contributed by atoms with E-state index in [4.69, 9.17) is 5.73 Å². The molecule has 0 aromatic rings. The van der Waals surface area contributed by atoms with Crippen LogP contribution in [0.25, 0.3) is 0 Å². The smallest absolute Gasteiger partial charge is 0.318 e. The van der Waals surface area contributed by atoms with Crippen LogP contribution in [0.2, 0.25) is 0 Å². The standard InChI is InChI=1S/C5H7F3N2O2/c6-5(7,8)2-10-4(11)3(9)1-12-10/h3H,1-2,9H2/t3-/m1/s1. The van der Waals surface area contributed by atoms with E-state index in [1.165, 1.54) is 0 Å². The molecule has 1 amide bonds. The van der Waals surface area contributed by atoms with E-state index in [-0.39, 0.29) is 11.7 Å². The van der Waals surface area contributed by atoms with Gasteiger partial charge in [-0.1, -0.05) is 0 Å². The van der Waals surface area contributed by atoms with E-state index in [0.29, 0.717) is 0 Å². The molecule has 2 N–H and O–H groups in total. The largest absolute Gasteiger partial charge is 0.408 e. The highest BCUT2D eigenvalue weighted by Gasteiger charge is 2.39. The van der Waals surface area contributed by atoms with Gasteiger partial charge < -0.3 is 5.73 Å². The van der Waals surface area contributed by atoms with Crippen molar-refractivity contribution < 1.29 is 22.8 Å². The summed E-state index contributed by atoms with van der Waals surface area (Å²) in [7, 11) is 0. The minimum atomic E-state index is -4.44. The van der Waals surface area contributed by atoms with Crippen LogP contribution in [0.1, 0.15) is 0 Å². The van der Waals surface area contributed by atoms with Gasteiger partial charge in [0.25, 0.3) is 5.91 Å². The molecule has 0 saturated carbocycles. The first kappa shape index (κ1) is 9.27. The second-order valence-electron chi connectivity index (χ2n) is 2.39. The molecule has 0 spiro atoms. The van der Waals surface area contributed by atoms with Gasteiger partial charge in [0.1, 0.15) is 12.6 Å². The van der Waals surface area contributed by atoms with E-state index in [9.17, 15) is 18.0 Å². The molecule has 1 aliphatic rings. The molecule has 0 bridgehead atoms. The summed E-state index contributed by atoms with van der Waals surface area (Å²) in [4.78, 5) is 15.2. The van der Waals surface area contributed by atoms with Crippen LogP contribution in [-0.4, -0.2) is 36.3 Å². The van der Waals surface area contributed by atoms with E-state index in [1.807, 2.05) is 0 Å². The second-order valence-corrected chi connectivity index (χ2v) is 2.39. The lowest BCUT2D eigenvalue weighted by Crippen LogP contribution is -2.39. The zero-order valence-corrected chi connectivity index (χ0v) is 5.97. The van der Waals surface area contributed by atoms with Gasteiger partial charge in [-0.2, -0.15) is 13.2 Å². The Morgan fingerprint density at radius 1 is 1.67 bits per heavy atom. The molecule has 0 aromatic heterocycles. The summed E-state index contributed by atoms with van der Waals surface area (Å²) in [6.07, 6.45) is -4.44. The molecule has 70 valence electrons. The van der Waals surface area contributed by atoms with Crippen molar-refractivity contribution in [1.82, 2.24) is 5.06 Å². The van der Waals surface area contributed by atoms with Gasteiger partial charge >= 0.3 is 6.18 Å². The van der Waals surface area contributed by atoms with Crippen LogP contribution in [0.5, 0.6) is 0 Å². The number of hydrogen-bond donors (Lipinski definition) is 1. The molecule has 1 saturated heterocycles. The normalized spacial score (nSPS) is 25.2. The average Bonchev–Trinajstić information content (AvgIpc) is 2.16. The zero-order valence-electron chi connectivity index (χ0n) is 5.97. The number of rotatable bonds is 1. The maximum atomic E-state index is 11.7. The van der Waals surface area contributed by atoms with Gasteiger partial charge in [0, 0.05) is 0 Å². The maximum absolute atomic E-state index is 11.7. The third-order valence-corrected chi connectivity index (χ3v) is 1.30. The van der Waals surface area contributed by atoms with Crippen molar-refractivity contribution in [3.63, 3.8) is 0 Å². The first-order valence-corrected chi connectivity index (χ1v) is 3.17. The van der Waals surface area contributed by atoms with E-state index in [0.717, 1.165) is 0 Å². The zero-order chi connectivity index (χ0) is 9.35. The number of halogens is 3. The molecule has 0 radical (unpaired) electrons. The lowest BCUT2D eigenvalue weighted by molar-refractivity contribution is -0.214. The van der Waals surface area contributed by atoms with E-state index in [2.05, 4.69) is 4.84 Å². The molecule has 0 aromatic carbocycles. The quantitative estimate of drug-likeness (QED) is 0.606. The van der Waals surface area contributed by atoms with Gasteiger partial charge in [0.15, 0.2) is 0 Å². The van der Waals surface area contributed by atoms with Crippen LogP contribution >= 0.6 is 0 Å². The molecule has 0 unspecified atom stereocenters. The topological polar surface area (TPSA) is 55.6 Å². The highest BCUT2D eigenvalue weighted by molar-refractivity contribution is 5.82. The van der Waals surface area contributed by atoms with Crippen molar-refractivity contribution in [3.05, 3.63) is 0 Å². The Labute approximate surface area is 66.0 Å². The molecule has 7 heteroatoms. The fourth-order valence-corrected chi connectivity index (χ4v) is 0.777. The SMILES string of the molecule is N[C@@H]1CON(CC(F)(F)F)C1=O. The van der Waals surface area contributed by atoms with Crippen LogP contribution in [0.15, 0.2) is 0 Å². The van der Waals surface area contributed by atoms with Gasteiger partial charge in [-0.25, -0.2) is 5.06 Å². The summed E-state index contributed by atoms with van der Waals surface area (Å²) in [5.74, 6) is -0.827.